The van der Waals surface area contributed by atoms with E-state index in [-0.39, 0.29) is 19.8 Å². The van der Waals surface area contributed by atoms with Gasteiger partial charge in [-0.3, -0.25) is 4.55 Å². The Hall–Kier alpha value is -2.85. The number of hydrogen-bond acceptors (Lipinski definition) is 6. The molecule has 0 atom stereocenters. The average molecular weight is 641 g/mol. The highest BCUT2D eigenvalue weighted by Gasteiger charge is 2.02. The van der Waals surface area contributed by atoms with Gasteiger partial charge < -0.3 is 14.9 Å². The van der Waals surface area contributed by atoms with Gasteiger partial charge in [-0.05, 0) is 20.3 Å². The lowest BCUT2D eigenvalue weighted by molar-refractivity contribution is 0.162. The molecule has 0 fully saturated rings. The summed E-state index contributed by atoms with van der Waals surface area (Å²) in [4.78, 5) is 0. The number of unbranched alkanes of at least 4 members (excludes halogenated alkanes) is 6. The molecular weight excluding hydrogens is 564 g/mol. The average Bonchev–Trinajstić information content (AvgIpc) is 3.11. The molecule has 0 radical (unpaired) electrons. The topological polar surface area (TPSA) is 113 Å². The first-order valence-electron chi connectivity index (χ1n) is 13.3. The predicted molar refractivity (Wildman–Crippen MR) is 204 cm³/mol. The van der Waals surface area contributed by atoms with E-state index in [1.165, 1.54) is 25.7 Å². The van der Waals surface area contributed by atoms with Gasteiger partial charge in [-0.2, -0.15) is 8.42 Å². The van der Waals surface area contributed by atoms with Gasteiger partial charge in [-0.1, -0.05) is 45.4 Å². The molecule has 3 N–H and O–H groups in total. The third kappa shape index (κ3) is 435. The van der Waals surface area contributed by atoms with Gasteiger partial charge in [0.2, 0.25) is 0 Å². The highest BCUT2D eigenvalue weighted by molar-refractivity contribution is 7.80. The van der Waals surface area contributed by atoms with E-state index < -0.39 is 10.4 Å². The van der Waals surface area contributed by atoms with Crippen LogP contribution in [0.5, 0.6) is 0 Å². The van der Waals surface area contributed by atoms with Gasteiger partial charge in [0.15, 0.2) is 0 Å². The Kier molecular flexibility index (Phi) is 376. The maximum atomic E-state index is 10.1. The summed E-state index contributed by atoms with van der Waals surface area (Å²) in [6.07, 6.45) is 7.68. The van der Waals surface area contributed by atoms with Crippen LogP contribution in [0.15, 0.2) is 132 Å². The summed E-state index contributed by atoms with van der Waals surface area (Å²) >= 11 is 0. The molecule has 264 valence electrons. The second-order valence-corrected chi connectivity index (χ2v) is 5.69. The van der Waals surface area contributed by atoms with Crippen molar-refractivity contribution in [1.29, 1.82) is 0 Å². The van der Waals surface area contributed by atoms with Crippen LogP contribution in [0.1, 0.15) is 65.7 Å². The summed E-state index contributed by atoms with van der Waals surface area (Å²) in [5, 5.41) is 15.2. The monoisotopic (exact) mass is 641 g/mol. The van der Waals surface area contributed by atoms with Crippen molar-refractivity contribution in [3.05, 3.63) is 132 Å². The van der Waals surface area contributed by atoms with E-state index in [1.54, 1.807) is 0 Å². The largest absolute Gasteiger partial charge is 0.397 e. The Morgan fingerprint density at radius 2 is 0.698 bits per heavy atom. The molecule has 0 aliphatic rings. The number of aliphatic hydroxyl groups is 2. The van der Waals surface area contributed by atoms with Crippen LogP contribution in [-0.4, -0.2) is 56.2 Å². The lowest BCUT2D eigenvalue weighted by atomic mass is 10.1. The Bertz CT molecular complexity index is 383. The molecule has 0 spiro atoms. The van der Waals surface area contributed by atoms with Gasteiger partial charge in [-0.25, -0.2) is 4.18 Å². The summed E-state index contributed by atoms with van der Waals surface area (Å²) in [6, 6.07) is 0. The van der Waals surface area contributed by atoms with Gasteiger partial charge >= 0.3 is 10.4 Å². The van der Waals surface area contributed by atoms with Crippen LogP contribution in [0.2, 0.25) is 0 Å². The highest BCUT2D eigenvalue weighted by Crippen LogP contribution is 2.07. The Labute approximate surface area is 272 Å². The maximum Gasteiger partial charge on any atom is 0.397 e. The van der Waals surface area contributed by atoms with E-state index in [0.29, 0.717) is 6.42 Å². The standard InChI is InChI=1S/C9H20O4S.C4H10O.C2H6O2.10C2H4/c1-2-3-4-5-6-7-8-9-13-14(10,11)12;1-3-5-4-2;3-1-2-4;10*1-2/h2-9H2,1H3,(H,10,11,12);3-4H2,1-2H3;3-4H,1-2H2;10*1-2H2. The fraction of sp³-hybridized carbons (Fsp3) is 0.429. The molecule has 0 aromatic heterocycles. The molecule has 0 bridgehead atoms. The summed E-state index contributed by atoms with van der Waals surface area (Å²) in [5.41, 5.74) is 0. The number of hydrogen-bond donors (Lipinski definition) is 3. The summed E-state index contributed by atoms with van der Waals surface area (Å²) in [6.45, 7) is 67.7. The third-order valence-electron chi connectivity index (χ3n) is 2.49. The summed E-state index contributed by atoms with van der Waals surface area (Å²) in [5.74, 6) is 0. The molecule has 0 aliphatic heterocycles. The summed E-state index contributed by atoms with van der Waals surface area (Å²) < 4.78 is 37.5. The molecule has 0 saturated carbocycles. The number of aliphatic hydroxyl groups excluding tert-OH is 2. The normalized spacial score (nSPS) is 6.47. The molecule has 0 aromatic carbocycles. The van der Waals surface area contributed by atoms with Crippen LogP contribution >= 0.6 is 0 Å². The molecule has 0 aliphatic carbocycles. The Morgan fingerprint density at radius 3 is 0.860 bits per heavy atom. The Balaban J connectivity index is -0.0000000238. The molecular formula is C35H76O7S. The van der Waals surface area contributed by atoms with Crippen molar-refractivity contribution in [1.82, 2.24) is 0 Å². The van der Waals surface area contributed by atoms with E-state index in [2.05, 4.69) is 143 Å². The van der Waals surface area contributed by atoms with E-state index >= 15 is 0 Å². The maximum absolute atomic E-state index is 10.1. The third-order valence-corrected chi connectivity index (χ3v) is 2.95. The molecule has 0 unspecified atom stereocenters. The van der Waals surface area contributed by atoms with Crippen molar-refractivity contribution in [3.63, 3.8) is 0 Å². The van der Waals surface area contributed by atoms with E-state index in [0.717, 1.165) is 26.1 Å². The van der Waals surface area contributed by atoms with Gasteiger partial charge in [-0.15, -0.1) is 132 Å². The minimum atomic E-state index is -4.23. The minimum Gasteiger partial charge on any atom is -0.394 e. The number of rotatable bonds is 12. The zero-order valence-corrected chi connectivity index (χ0v) is 29.8. The van der Waals surface area contributed by atoms with Crippen LogP contribution in [0.25, 0.3) is 0 Å². The lowest BCUT2D eigenvalue weighted by Crippen LogP contribution is -2.04. The minimum absolute atomic E-state index is 0.0899. The smallest absolute Gasteiger partial charge is 0.394 e. The van der Waals surface area contributed by atoms with Crippen molar-refractivity contribution >= 4 is 10.4 Å². The van der Waals surface area contributed by atoms with Gasteiger partial charge in [0.25, 0.3) is 0 Å². The second-order valence-electron chi connectivity index (χ2n) is 4.60. The van der Waals surface area contributed by atoms with E-state index in [1.807, 2.05) is 13.8 Å². The first-order valence-corrected chi connectivity index (χ1v) is 14.7. The van der Waals surface area contributed by atoms with Crippen LogP contribution < -0.4 is 0 Å². The number of ether oxygens (including phenoxy) is 1. The van der Waals surface area contributed by atoms with Crippen molar-refractivity contribution in [2.75, 3.05) is 33.0 Å². The van der Waals surface area contributed by atoms with E-state index in [9.17, 15) is 8.42 Å². The molecule has 0 amide bonds. The van der Waals surface area contributed by atoms with Crippen LogP contribution in [0, 0.1) is 0 Å². The first-order chi connectivity index (χ1) is 20.9. The zero-order chi connectivity index (χ0) is 38.4. The van der Waals surface area contributed by atoms with Crippen molar-refractivity contribution in [2.24, 2.45) is 0 Å². The van der Waals surface area contributed by atoms with Gasteiger partial charge in [0, 0.05) is 13.2 Å². The molecule has 0 aromatic rings. The SMILES string of the molecule is C=C.C=C.C=C.C=C.C=C.C=C.C=C.C=C.C=C.C=C.CCCCCCCCCOS(=O)(=O)O.CCOCC.OCCO. The molecule has 0 heterocycles. The summed E-state index contributed by atoms with van der Waals surface area (Å²) in [7, 11) is -4.23. The lowest BCUT2D eigenvalue weighted by Gasteiger charge is -2.00. The predicted octanol–water partition coefficient (Wildman–Crippen LogP) is 10.6. The second kappa shape index (κ2) is 194. The fourth-order valence-corrected chi connectivity index (χ4v) is 1.76. The zero-order valence-electron chi connectivity index (χ0n) is 29.0. The van der Waals surface area contributed by atoms with Crippen LogP contribution in [0.4, 0.5) is 0 Å². The Morgan fingerprint density at radius 1 is 0.465 bits per heavy atom. The fourth-order valence-electron chi connectivity index (χ4n) is 1.43. The quantitative estimate of drug-likeness (QED) is 0.110. The van der Waals surface area contributed by atoms with E-state index in [4.69, 9.17) is 19.5 Å². The van der Waals surface area contributed by atoms with Crippen LogP contribution in [-0.2, 0) is 19.3 Å². The first kappa shape index (κ1) is 83.5. The van der Waals surface area contributed by atoms with Crippen molar-refractivity contribution in [2.45, 2.75) is 65.7 Å². The van der Waals surface area contributed by atoms with Crippen LogP contribution in [0.3, 0.4) is 0 Å². The molecule has 43 heavy (non-hydrogen) atoms. The molecule has 0 saturated heterocycles. The molecule has 0 rings (SSSR count). The highest BCUT2D eigenvalue weighted by atomic mass is 32.3. The van der Waals surface area contributed by atoms with Crippen molar-refractivity contribution < 1.29 is 32.1 Å². The molecule has 8 heteroatoms. The van der Waals surface area contributed by atoms with Gasteiger partial charge in [0.1, 0.15) is 0 Å². The molecule has 7 nitrogen and oxygen atoms in total. The van der Waals surface area contributed by atoms with Crippen molar-refractivity contribution in [3.8, 4) is 0 Å². The van der Waals surface area contributed by atoms with Gasteiger partial charge in [0.05, 0.1) is 19.8 Å².